The minimum absolute atomic E-state index is 0.0155. The van der Waals surface area contributed by atoms with Crippen LogP contribution in [0.25, 0.3) is 0 Å². The van der Waals surface area contributed by atoms with Gasteiger partial charge in [-0.3, -0.25) is 9.59 Å². The number of rotatable bonds is 4. The first kappa shape index (κ1) is 18.7. The predicted molar refractivity (Wildman–Crippen MR) is 110 cm³/mol. The van der Waals surface area contributed by atoms with Crippen molar-refractivity contribution in [1.29, 1.82) is 0 Å². The van der Waals surface area contributed by atoms with Crippen molar-refractivity contribution in [3.8, 4) is 0 Å². The summed E-state index contributed by atoms with van der Waals surface area (Å²) >= 11 is 0. The quantitative estimate of drug-likeness (QED) is 0.841. The van der Waals surface area contributed by atoms with Gasteiger partial charge in [0.25, 0.3) is 11.8 Å². The second kappa shape index (κ2) is 8.59. The number of benzene rings is 2. The number of carbonyl (C=O) groups excluding carboxylic acids is 2. The van der Waals surface area contributed by atoms with Gasteiger partial charge in [-0.1, -0.05) is 49.2 Å². The molecule has 2 N–H and O–H groups in total. The van der Waals surface area contributed by atoms with Crippen molar-refractivity contribution in [2.75, 3.05) is 0 Å². The molecule has 0 spiro atoms. The van der Waals surface area contributed by atoms with Gasteiger partial charge in [0.2, 0.25) is 0 Å². The maximum Gasteiger partial charge on any atom is 0.251 e. The molecule has 4 heteroatoms. The number of carbonyl (C=O) groups is 2. The van der Waals surface area contributed by atoms with E-state index in [0.717, 1.165) is 49.7 Å². The highest BCUT2D eigenvalue weighted by atomic mass is 16.2. The van der Waals surface area contributed by atoms with E-state index in [9.17, 15) is 9.59 Å². The van der Waals surface area contributed by atoms with Gasteiger partial charge >= 0.3 is 0 Å². The fraction of sp³-hybridized carbons (Fsp3) is 0.417. The van der Waals surface area contributed by atoms with Crippen LogP contribution in [0.2, 0.25) is 0 Å². The van der Waals surface area contributed by atoms with Crippen molar-refractivity contribution < 1.29 is 9.59 Å². The average molecular weight is 377 g/mol. The average Bonchev–Trinajstić information content (AvgIpc) is 2.75. The van der Waals surface area contributed by atoms with E-state index in [-0.39, 0.29) is 23.9 Å². The first-order valence-electron chi connectivity index (χ1n) is 10.4. The summed E-state index contributed by atoms with van der Waals surface area (Å²) in [5.74, 6) is 0.913. The van der Waals surface area contributed by atoms with Gasteiger partial charge in [-0.05, 0) is 61.8 Å². The molecular weight excluding hydrogens is 348 g/mol. The summed E-state index contributed by atoms with van der Waals surface area (Å²) in [6.45, 7) is 0. The summed E-state index contributed by atoms with van der Waals surface area (Å²) in [5, 5.41) is 6.58. The molecule has 0 unspecified atom stereocenters. The van der Waals surface area contributed by atoms with Crippen LogP contribution < -0.4 is 10.6 Å². The van der Waals surface area contributed by atoms with Gasteiger partial charge in [0.1, 0.15) is 0 Å². The third-order valence-electron chi connectivity index (χ3n) is 6.39. The summed E-state index contributed by atoms with van der Waals surface area (Å²) < 4.78 is 0. The topological polar surface area (TPSA) is 58.2 Å². The Labute approximate surface area is 166 Å². The van der Waals surface area contributed by atoms with E-state index in [0.29, 0.717) is 11.8 Å². The lowest BCUT2D eigenvalue weighted by Crippen LogP contribution is -2.53. The first-order valence-corrected chi connectivity index (χ1v) is 10.4. The predicted octanol–water partition coefficient (Wildman–Crippen LogP) is 4.18. The van der Waals surface area contributed by atoms with Gasteiger partial charge in [0.15, 0.2) is 0 Å². The molecule has 4 nitrogen and oxygen atoms in total. The zero-order chi connectivity index (χ0) is 19.3. The molecule has 0 heterocycles. The largest absolute Gasteiger partial charge is 0.349 e. The Morgan fingerprint density at radius 1 is 0.607 bits per heavy atom. The van der Waals surface area contributed by atoms with Crippen LogP contribution in [0.3, 0.4) is 0 Å². The Hall–Kier alpha value is -2.62. The number of nitrogens with one attached hydrogen (secondary N) is 2. The van der Waals surface area contributed by atoms with Gasteiger partial charge in [-0.15, -0.1) is 0 Å². The van der Waals surface area contributed by atoms with Crippen LogP contribution in [0.4, 0.5) is 0 Å². The molecule has 2 aromatic carbocycles. The monoisotopic (exact) mass is 376 g/mol. The van der Waals surface area contributed by atoms with E-state index in [1.165, 1.54) is 0 Å². The Kier molecular flexibility index (Phi) is 5.75. The lowest BCUT2D eigenvalue weighted by Gasteiger charge is -2.46. The summed E-state index contributed by atoms with van der Waals surface area (Å²) in [6, 6.07) is 19.3. The van der Waals surface area contributed by atoms with E-state index >= 15 is 0 Å². The molecular formula is C24H28N2O2. The molecule has 28 heavy (non-hydrogen) atoms. The molecule has 2 aliphatic rings. The van der Waals surface area contributed by atoms with E-state index in [4.69, 9.17) is 0 Å². The Bertz CT molecular complexity index is 736. The molecule has 2 aliphatic carbocycles. The molecule has 4 rings (SSSR count). The van der Waals surface area contributed by atoms with Crippen molar-refractivity contribution >= 4 is 11.8 Å². The molecule has 0 aromatic heterocycles. The zero-order valence-corrected chi connectivity index (χ0v) is 16.1. The molecule has 2 saturated carbocycles. The normalized spacial score (nSPS) is 26.7. The van der Waals surface area contributed by atoms with E-state index in [2.05, 4.69) is 10.6 Å². The third kappa shape index (κ3) is 4.11. The fourth-order valence-electron chi connectivity index (χ4n) is 5.04. The third-order valence-corrected chi connectivity index (χ3v) is 6.39. The highest BCUT2D eigenvalue weighted by molar-refractivity contribution is 5.94. The summed E-state index contributed by atoms with van der Waals surface area (Å²) in [7, 11) is 0. The Morgan fingerprint density at radius 2 is 1.00 bits per heavy atom. The minimum Gasteiger partial charge on any atom is -0.349 e. The summed E-state index contributed by atoms with van der Waals surface area (Å²) in [6.07, 6.45) is 6.50. The van der Waals surface area contributed by atoms with Gasteiger partial charge < -0.3 is 10.6 Å². The molecule has 0 saturated heterocycles. The summed E-state index contributed by atoms with van der Waals surface area (Å²) in [4.78, 5) is 25.3. The van der Waals surface area contributed by atoms with Crippen LogP contribution in [0.5, 0.6) is 0 Å². The number of fused-ring (bicyclic) bond motifs is 1. The van der Waals surface area contributed by atoms with Crippen LogP contribution in [0, 0.1) is 11.8 Å². The summed E-state index contributed by atoms with van der Waals surface area (Å²) in [5.41, 5.74) is 1.43. The second-order valence-electron chi connectivity index (χ2n) is 8.08. The molecule has 2 aromatic rings. The second-order valence-corrected chi connectivity index (χ2v) is 8.08. The molecule has 2 fully saturated rings. The van der Waals surface area contributed by atoms with Crippen molar-refractivity contribution in [2.24, 2.45) is 11.8 Å². The maximum absolute atomic E-state index is 12.7. The molecule has 4 atom stereocenters. The Balaban J connectivity index is 1.43. The van der Waals surface area contributed by atoms with Crippen LogP contribution in [-0.4, -0.2) is 23.9 Å². The molecule has 0 aliphatic heterocycles. The smallest absolute Gasteiger partial charge is 0.251 e. The Morgan fingerprint density at radius 3 is 1.39 bits per heavy atom. The maximum atomic E-state index is 12.7. The van der Waals surface area contributed by atoms with Crippen LogP contribution >= 0.6 is 0 Å². The van der Waals surface area contributed by atoms with Crippen LogP contribution in [-0.2, 0) is 0 Å². The van der Waals surface area contributed by atoms with Crippen molar-refractivity contribution in [2.45, 2.75) is 50.6 Å². The SMILES string of the molecule is O=C(N[C@H]1CCC[C@H]2[C@H]1CCC[C@@H]2NC(=O)c1ccccc1)c1ccccc1. The lowest BCUT2D eigenvalue weighted by atomic mass is 9.66. The zero-order valence-electron chi connectivity index (χ0n) is 16.1. The standard InChI is InChI=1S/C24H28N2O2/c27-23(17-9-3-1-4-10-17)25-21-15-7-14-20-19(21)13-8-16-22(20)26-24(28)18-11-5-2-6-12-18/h1-6,9-12,19-22H,7-8,13-16H2,(H,25,27)(H,26,28)/t19-,20+,21-,22-/m0/s1. The van der Waals surface area contributed by atoms with Gasteiger partial charge in [-0.2, -0.15) is 0 Å². The van der Waals surface area contributed by atoms with Crippen molar-refractivity contribution in [1.82, 2.24) is 10.6 Å². The van der Waals surface area contributed by atoms with Gasteiger partial charge in [-0.25, -0.2) is 0 Å². The fourth-order valence-corrected chi connectivity index (χ4v) is 5.04. The van der Waals surface area contributed by atoms with Crippen molar-refractivity contribution in [3.63, 3.8) is 0 Å². The van der Waals surface area contributed by atoms with E-state index in [1.54, 1.807) is 0 Å². The van der Waals surface area contributed by atoms with Crippen LogP contribution in [0.15, 0.2) is 60.7 Å². The molecule has 2 amide bonds. The number of hydrogen-bond donors (Lipinski definition) is 2. The van der Waals surface area contributed by atoms with Gasteiger partial charge in [0, 0.05) is 23.2 Å². The first-order chi connectivity index (χ1) is 13.7. The van der Waals surface area contributed by atoms with E-state index in [1.807, 2.05) is 60.7 Å². The lowest BCUT2D eigenvalue weighted by molar-refractivity contribution is 0.0664. The molecule has 146 valence electrons. The van der Waals surface area contributed by atoms with Crippen LogP contribution in [0.1, 0.15) is 59.2 Å². The number of amides is 2. The highest BCUT2D eigenvalue weighted by Gasteiger charge is 2.41. The molecule has 0 radical (unpaired) electrons. The number of hydrogen-bond acceptors (Lipinski definition) is 2. The van der Waals surface area contributed by atoms with Crippen molar-refractivity contribution in [3.05, 3.63) is 71.8 Å². The van der Waals surface area contributed by atoms with Gasteiger partial charge in [0.05, 0.1) is 0 Å². The highest BCUT2D eigenvalue weighted by Crippen LogP contribution is 2.41. The minimum atomic E-state index is 0.0155. The van der Waals surface area contributed by atoms with E-state index < -0.39 is 0 Å². The molecule has 0 bridgehead atoms.